The van der Waals surface area contributed by atoms with Gasteiger partial charge in [0, 0.05) is 12.2 Å². The van der Waals surface area contributed by atoms with Gasteiger partial charge in [0.2, 0.25) is 0 Å². The van der Waals surface area contributed by atoms with Gasteiger partial charge in [-0.2, -0.15) is 0 Å². The Kier molecular flexibility index (Phi) is 7.78. The molecule has 0 bridgehead atoms. The van der Waals surface area contributed by atoms with E-state index in [9.17, 15) is 0 Å². The van der Waals surface area contributed by atoms with Crippen LogP contribution in [0.15, 0.2) is 10.5 Å². The Morgan fingerprint density at radius 2 is 2.00 bits per heavy atom. The Bertz CT molecular complexity index is 320. The van der Waals surface area contributed by atoms with E-state index in [1.54, 1.807) is 0 Å². The molecular formula is C15H27NO2. The Morgan fingerprint density at radius 3 is 2.72 bits per heavy atom. The van der Waals surface area contributed by atoms with Crippen molar-refractivity contribution in [2.45, 2.75) is 59.1 Å². The highest BCUT2D eigenvalue weighted by Gasteiger charge is 2.06. The third-order valence-electron chi connectivity index (χ3n) is 3.07. The fourth-order valence-corrected chi connectivity index (χ4v) is 1.98. The first-order valence-corrected chi connectivity index (χ1v) is 7.08. The Labute approximate surface area is 111 Å². The summed E-state index contributed by atoms with van der Waals surface area (Å²) < 4.78 is 11.3. The first-order chi connectivity index (χ1) is 8.77. The lowest BCUT2D eigenvalue weighted by molar-refractivity contribution is 0.116. The lowest BCUT2D eigenvalue weighted by Gasteiger charge is -2.03. The molecule has 3 nitrogen and oxygen atoms in total. The largest absolute Gasteiger partial charge is 0.465 e. The minimum absolute atomic E-state index is 0.673. The van der Waals surface area contributed by atoms with Crippen molar-refractivity contribution < 1.29 is 9.15 Å². The van der Waals surface area contributed by atoms with Crippen LogP contribution in [0.3, 0.4) is 0 Å². The molecule has 0 radical (unpaired) electrons. The summed E-state index contributed by atoms with van der Waals surface area (Å²) >= 11 is 0. The molecule has 104 valence electrons. The van der Waals surface area contributed by atoms with Gasteiger partial charge >= 0.3 is 0 Å². The van der Waals surface area contributed by atoms with Crippen LogP contribution >= 0.6 is 0 Å². The van der Waals surface area contributed by atoms with Gasteiger partial charge in [-0.1, -0.05) is 32.6 Å². The first kappa shape index (κ1) is 15.3. The van der Waals surface area contributed by atoms with Crippen LogP contribution in [0.25, 0.3) is 0 Å². The summed E-state index contributed by atoms with van der Waals surface area (Å²) in [6.07, 6.45) is 6.41. The normalized spacial score (nSPS) is 11.1. The van der Waals surface area contributed by atoms with Crippen LogP contribution in [0, 0.1) is 6.92 Å². The van der Waals surface area contributed by atoms with E-state index in [4.69, 9.17) is 9.15 Å². The monoisotopic (exact) mass is 253 g/mol. The van der Waals surface area contributed by atoms with E-state index in [1.165, 1.54) is 37.7 Å². The van der Waals surface area contributed by atoms with Gasteiger partial charge in [-0.25, -0.2) is 0 Å². The second-order valence-corrected chi connectivity index (χ2v) is 4.79. The highest BCUT2D eigenvalue weighted by Crippen LogP contribution is 2.15. The van der Waals surface area contributed by atoms with Crippen LogP contribution in [0.2, 0.25) is 0 Å². The molecule has 3 heteroatoms. The van der Waals surface area contributed by atoms with Crippen molar-refractivity contribution in [2.75, 3.05) is 13.7 Å². The van der Waals surface area contributed by atoms with E-state index in [-0.39, 0.29) is 0 Å². The smallest absolute Gasteiger partial charge is 0.118 e. The minimum Gasteiger partial charge on any atom is -0.465 e. The molecule has 0 saturated carbocycles. The van der Waals surface area contributed by atoms with Crippen molar-refractivity contribution in [2.24, 2.45) is 0 Å². The fraction of sp³-hybridized carbons (Fsp3) is 0.733. The lowest BCUT2D eigenvalue weighted by Crippen LogP contribution is -2.03. The standard InChI is InChI=1S/C15H27NO2/c1-4-5-6-7-8-9-17-12-14-10-15(11-16-3)18-13(14)2/h10,16H,4-9,11-12H2,1-3H3. The molecule has 0 unspecified atom stereocenters. The molecular weight excluding hydrogens is 226 g/mol. The SMILES string of the molecule is CCCCCCCOCc1cc(CNC)oc1C. The summed E-state index contributed by atoms with van der Waals surface area (Å²) in [4.78, 5) is 0. The van der Waals surface area contributed by atoms with Gasteiger partial charge < -0.3 is 14.5 Å². The van der Waals surface area contributed by atoms with Crippen LogP contribution in [0.4, 0.5) is 0 Å². The van der Waals surface area contributed by atoms with Crippen molar-refractivity contribution in [3.63, 3.8) is 0 Å². The van der Waals surface area contributed by atoms with E-state index in [0.717, 1.165) is 24.7 Å². The summed E-state index contributed by atoms with van der Waals surface area (Å²) in [7, 11) is 1.92. The van der Waals surface area contributed by atoms with Crippen LogP contribution < -0.4 is 5.32 Å². The van der Waals surface area contributed by atoms with Crippen molar-refractivity contribution in [3.05, 3.63) is 23.2 Å². The number of aryl methyl sites for hydroxylation is 1. The molecule has 1 N–H and O–H groups in total. The molecule has 0 aliphatic carbocycles. The van der Waals surface area contributed by atoms with Gasteiger partial charge in [-0.05, 0) is 26.5 Å². The van der Waals surface area contributed by atoms with E-state index in [0.29, 0.717) is 6.61 Å². The van der Waals surface area contributed by atoms with Gasteiger partial charge in [0.25, 0.3) is 0 Å². The quantitative estimate of drug-likeness (QED) is 0.644. The molecule has 0 atom stereocenters. The topological polar surface area (TPSA) is 34.4 Å². The molecule has 1 heterocycles. The van der Waals surface area contributed by atoms with Crippen LogP contribution in [0.5, 0.6) is 0 Å². The van der Waals surface area contributed by atoms with E-state index in [2.05, 4.69) is 18.3 Å². The number of rotatable bonds is 10. The Balaban J connectivity index is 2.14. The number of nitrogens with one attached hydrogen (secondary N) is 1. The second-order valence-electron chi connectivity index (χ2n) is 4.79. The van der Waals surface area contributed by atoms with Crippen molar-refractivity contribution in [3.8, 4) is 0 Å². The molecule has 0 amide bonds. The molecule has 0 aliphatic heterocycles. The summed E-state index contributed by atoms with van der Waals surface area (Å²) in [6, 6.07) is 2.09. The van der Waals surface area contributed by atoms with Crippen molar-refractivity contribution in [1.82, 2.24) is 5.32 Å². The number of unbranched alkanes of at least 4 members (excludes halogenated alkanes) is 4. The van der Waals surface area contributed by atoms with Crippen LogP contribution in [0.1, 0.15) is 56.1 Å². The zero-order chi connectivity index (χ0) is 13.2. The zero-order valence-electron chi connectivity index (χ0n) is 12.1. The maximum atomic E-state index is 5.69. The maximum absolute atomic E-state index is 5.69. The molecule has 0 saturated heterocycles. The van der Waals surface area contributed by atoms with E-state index >= 15 is 0 Å². The average Bonchev–Trinajstić information content (AvgIpc) is 2.69. The first-order valence-electron chi connectivity index (χ1n) is 7.08. The van der Waals surface area contributed by atoms with Gasteiger partial charge in [0.05, 0.1) is 13.2 Å². The average molecular weight is 253 g/mol. The molecule has 0 aliphatic rings. The molecule has 1 rings (SSSR count). The zero-order valence-corrected chi connectivity index (χ0v) is 12.1. The third kappa shape index (κ3) is 5.69. The molecule has 1 aromatic rings. The maximum Gasteiger partial charge on any atom is 0.118 e. The molecule has 18 heavy (non-hydrogen) atoms. The van der Waals surface area contributed by atoms with Gasteiger partial charge in [0.15, 0.2) is 0 Å². The number of hydrogen-bond donors (Lipinski definition) is 1. The van der Waals surface area contributed by atoms with Gasteiger partial charge in [0.1, 0.15) is 11.5 Å². The summed E-state index contributed by atoms with van der Waals surface area (Å²) in [5.41, 5.74) is 1.17. The molecule has 0 aromatic carbocycles. The predicted molar refractivity (Wildman–Crippen MR) is 74.6 cm³/mol. The number of ether oxygens (including phenoxy) is 1. The van der Waals surface area contributed by atoms with Crippen LogP contribution in [-0.2, 0) is 17.9 Å². The van der Waals surface area contributed by atoms with E-state index in [1.807, 2.05) is 14.0 Å². The lowest BCUT2D eigenvalue weighted by atomic mass is 10.2. The third-order valence-corrected chi connectivity index (χ3v) is 3.07. The summed E-state index contributed by atoms with van der Waals surface area (Å²) in [6.45, 7) is 6.54. The fourth-order valence-electron chi connectivity index (χ4n) is 1.98. The van der Waals surface area contributed by atoms with Gasteiger partial charge in [-0.3, -0.25) is 0 Å². The highest BCUT2D eigenvalue weighted by molar-refractivity contribution is 5.19. The predicted octanol–water partition coefficient (Wildman–Crippen LogP) is 3.79. The molecule has 0 spiro atoms. The number of hydrogen-bond acceptors (Lipinski definition) is 3. The van der Waals surface area contributed by atoms with Crippen molar-refractivity contribution in [1.29, 1.82) is 0 Å². The highest BCUT2D eigenvalue weighted by atomic mass is 16.5. The molecule has 0 fully saturated rings. The Hall–Kier alpha value is -0.800. The second kappa shape index (κ2) is 9.17. The summed E-state index contributed by atoms with van der Waals surface area (Å²) in [5, 5.41) is 3.09. The van der Waals surface area contributed by atoms with Gasteiger partial charge in [-0.15, -0.1) is 0 Å². The van der Waals surface area contributed by atoms with Crippen LogP contribution in [-0.4, -0.2) is 13.7 Å². The number of furan rings is 1. The Morgan fingerprint density at radius 1 is 1.22 bits per heavy atom. The minimum atomic E-state index is 0.673. The molecule has 1 aromatic heterocycles. The van der Waals surface area contributed by atoms with E-state index < -0.39 is 0 Å². The summed E-state index contributed by atoms with van der Waals surface area (Å²) in [5.74, 6) is 1.96. The van der Waals surface area contributed by atoms with Crippen molar-refractivity contribution >= 4 is 0 Å².